The summed E-state index contributed by atoms with van der Waals surface area (Å²) >= 11 is 0. The van der Waals surface area contributed by atoms with Gasteiger partial charge in [-0.2, -0.15) is 0 Å². The van der Waals surface area contributed by atoms with Gasteiger partial charge in [0.05, 0.1) is 11.1 Å². The number of carbonyl (C=O) groups is 1. The molecule has 2 unspecified atom stereocenters. The highest BCUT2D eigenvalue weighted by molar-refractivity contribution is 6.06. The molecule has 0 radical (unpaired) electrons. The number of rotatable bonds is 1. The third kappa shape index (κ3) is 3.94. The number of hydrogen-bond donors (Lipinski definition) is 1. The number of nitrogens with two attached hydrogens (primary N) is 1. The lowest BCUT2D eigenvalue weighted by atomic mass is 9.94. The molecule has 2 N–H and O–H groups in total. The first-order valence-electron chi connectivity index (χ1n) is 7.47. The molecule has 0 aliphatic carbocycles. The number of benzene rings is 1. The molecule has 6 heteroatoms. The largest absolute Gasteiger partial charge is 0.338 e. The highest BCUT2D eigenvalue weighted by Crippen LogP contribution is 2.23. The van der Waals surface area contributed by atoms with Crippen LogP contribution in [0.25, 0.3) is 10.9 Å². The SMILES string of the molecule is Cc1cc(C(=O)N2CCC(N)C(C)C2)c2ccccc2n1.Cl.Cl. The zero-order valence-corrected chi connectivity index (χ0v) is 15.0. The predicted molar refractivity (Wildman–Crippen MR) is 98.6 cm³/mol. The van der Waals surface area contributed by atoms with Gasteiger partial charge < -0.3 is 10.6 Å². The fourth-order valence-electron chi connectivity index (χ4n) is 3.00. The molecule has 1 aromatic carbocycles. The molecule has 2 heterocycles. The van der Waals surface area contributed by atoms with Gasteiger partial charge in [0.15, 0.2) is 0 Å². The zero-order chi connectivity index (χ0) is 15.0. The summed E-state index contributed by atoms with van der Waals surface area (Å²) < 4.78 is 0. The van der Waals surface area contributed by atoms with Gasteiger partial charge in [0.1, 0.15) is 0 Å². The van der Waals surface area contributed by atoms with Crippen LogP contribution in [0.5, 0.6) is 0 Å². The molecule has 2 atom stereocenters. The van der Waals surface area contributed by atoms with Crippen LogP contribution in [0.3, 0.4) is 0 Å². The number of aromatic nitrogens is 1. The first kappa shape index (κ1) is 19.7. The molecule has 3 rings (SSSR count). The lowest BCUT2D eigenvalue weighted by Crippen LogP contribution is -2.48. The van der Waals surface area contributed by atoms with Crippen molar-refractivity contribution in [3.8, 4) is 0 Å². The van der Waals surface area contributed by atoms with E-state index in [1.54, 1.807) is 0 Å². The summed E-state index contributed by atoms with van der Waals surface area (Å²) in [6, 6.07) is 9.91. The average Bonchev–Trinajstić information content (AvgIpc) is 2.48. The Balaban J connectivity index is 0.00000132. The Bertz CT molecular complexity index is 693. The lowest BCUT2D eigenvalue weighted by molar-refractivity contribution is 0.0666. The van der Waals surface area contributed by atoms with Crippen LogP contribution in [0.15, 0.2) is 30.3 Å². The van der Waals surface area contributed by atoms with Crippen molar-refractivity contribution in [2.24, 2.45) is 11.7 Å². The Morgan fingerprint density at radius 1 is 1.30 bits per heavy atom. The second-order valence-corrected chi connectivity index (χ2v) is 6.01. The van der Waals surface area contributed by atoms with Crippen LogP contribution < -0.4 is 5.73 Å². The van der Waals surface area contributed by atoms with E-state index in [0.717, 1.165) is 41.7 Å². The maximum absolute atomic E-state index is 12.9. The highest BCUT2D eigenvalue weighted by atomic mass is 35.5. The molecule has 1 aliphatic heterocycles. The van der Waals surface area contributed by atoms with Gasteiger partial charge in [0.2, 0.25) is 0 Å². The van der Waals surface area contributed by atoms with Gasteiger partial charge in [-0.1, -0.05) is 25.1 Å². The van der Waals surface area contributed by atoms with E-state index in [4.69, 9.17) is 5.73 Å². The number of hydrogen-bond acceptors (Lipinski definition) is 3. The number of aryl methyl sites for hydroxylation is 1. The van der Waals surface area contributed by atoms with Gasteiger partial charge in [-0.25, -0.2) is 0 Å². The van der Waals surface area contributed by atoms with Gasteiger partial charge in [-0.3, -0.25) is 9.78 Å². The molecule has 1 aromatic heterocycles. The van der Waals surface area contributed by atoms with Crippen molar-refractivity contribution in [1.29, 1.82) is 0 Å². The van der Waals surface area contributed by atoms with Gasteiger partial charge in [0, 0.05) is 30.2 Å². The molecule has 0 saturated carbocycles. The van der Waals surface area contributed by atoms with Crippen molar-refractivity contribution in [1.82, 2.24) is 9.88 Å². The number of carbonyl (C=O) groups excluding carboxylic acids is 1. The molecule has 23 heavy (non-hydrogen) atoms. The number of pyridine rings is 1. The van der Waals surface area contributed by atoms with Crippen LogP contribution >= 0.6 is 24.8 Å². The van der Waals surface area contributed by atoms with Crippen molar-refractivity contribution in [3.05, 3.63) is 41.6 Å². The maximum atomic E-state index is 12.9. The normalized spacial score (nSPS) is 20.6. The van der Waals surface area contributed by atoms with Crippen molar-refractivity contribution in [2.45, 2.75) is 26.3 Å². The van der Waals surface area contributed by atoms with Gasteiger partial charge in [0.25, 0.3) is 5.91 Å². The van der Waals surface area contributed by atoms with E-state index in [1.165, 1.54) is 0 Å². The Labute approximate surface area is 149 Å². The van der Waals surface area contributed by atoms with Crippen LogP contribution in [0, 0.1) is 12.8 Å². The molecule has 0 bridgehead atoms. The second kappa shape index (κ2) is 7.95. The molecule has 1 amide bonds. The van der Waals surface area contributed by atoms with E-state index in [0.29, 0.717) is 5.92 Å². The van der Waals surface area contributed by atoms with E-state index in [2.05, 4.69) is 11.9 Å². The molecule has 0 spiro atoms. The van der Waals surface area contributed by atoms with Crippen LogP contribution in [-0.2, 0) is 0 Å². The molecular weight excluding hydrogens is 333 g/mol. The zero-order valence-electron chi connectivity index (χ0n) is 13.4. The summed E-state index contributed by atoms with van der Waals surface area (Å²) in [5.74, 6) is 0.437. The smallest absolute Gasteiger partial charge is 0.254 e. The van der Waals surface area contributed by atoms with Crippen LogP contribution in [-0.4, -0.2) is 34.9 Å². The van der Waals surface area contributed by atoms with Gasteiger partial charge in [-0.05, 0) is 31.4 Å². The van der Waals surface area contributed by atoms with Crippen LogP contribution in [0.2, 0.25) is 0 Å². The van der Waals surface area contributed by atoms with E-state index < -0.39 is 0 Å². The Kier molecular flexibility index (Phi) is 6.81. The van der Waals surface area contributed by atoms with Crippen molar-refractivity contribution >= 4 is 41.6 Å². The Morgan fingerprint density at radius 3 is 2.70 bits per heavy atom. The summed E-state index contributed by atoms with van der Waals surface area (Å²) in [5.41, 5.74) is 8.55. The maximum Gasteiger partial charge on any atom is 0.254 e. The second-order valence-electron chi connectivity index (χ2n) is 6.01. The fourth-order valence-corrected chi connectivity index (χ4v) is 3.00. The summed E-state index contributed by atoms with van der Waals surface area (Å²) in [6.07, 6.45) is 0.870. The Hall–Kier alpha value is -1.36. The lowest BCUT2D eigenvalue weighted by Gasteiger charge is -2.35. The number of amides is 1. The molecule has 2 aromatic rings. The minimum atomic E-state index is 0. The minimum absolute atomic E-state index is 0. The van der Waals surface area contributed by atoms with Crippen molar-refractivity contribution in [3.63, 3.8) is 0 Å². The number of likely N-dealkylation sites (tertiary alicyclic amines) is 1. The number of piperidine rings is 1. The standard InChI is InChI=1S/C17H21N3O.2ClH/c1-11-10-20(8-7-15(11)18)17(21)14-9-12(2)19-16-6-4-3-5-13(14)16;;/h3-6,9,11,15H,7-8,10,18H2,1-2H3;2*1H. The first-order chi connectivity index (χ1) is 10.1. The molecule has 1 fully saturated rings. The molecule has 126 valence electrons. The summed E-state index contributed by atoms with van der Waals surface area (Å²) in [7, 11) is 0. The summed E-state index contributed by atoms with van der Waals surface area (Å²) in [6.45, 7) is 5.51. The Morgan fingerprint density at radius 2 is 2.00 bits per heavy atom. The van der Waals surface area contributed by atoms with Crippen LogP contribution in [0.4, 0.5) is 0 Å². The third-order valence-corrected chi connectivity index (χ3v) is 4.33. The van der Waals surface area contributed by atoms with E-state index in [1.807, 2.05) is 42.2 Å². The van der Waals surface area contributed by atoms with Crippen LogP contribution in [0.1, 0.15) is 29.4 Å². The molecule has 1 saturated heterocycles. The molecule has 1 aliphatic rings. The third-order valence-electron chi connectivity index (χ3n) is 4.33. The van der Waals surface area contributed by atoms with Crippen molar-refractivity contribution < 1.29 is 4.79 Å². The number of fused-ring (bicyclic) bond motifs is 1. The highest BCUT2D eigenvalue weighted by Gasteiger charge is 2.27. The number of nitrogens with zero attached hydrogens (tertiary/aromatic N) is 2. The van der Waals surface area contributed by atoms with E-state index in [-0.39, 0.29) is 36.8 Å². The van der Waals surface area contributed by atoms with E-state index >= 15 is 0 Å². The average molecular weight is 356 g/mol. The molecule has 4 nitrogen and oxygen atoms in total. The van der Waals surface area contributed by atoms with Gasteiger partial charge in [-0.15, -0.1) is 24.8 Å². The first-order valence-corrected chi connectivity index (χ1v) is 7.47. The predicted octanol–water partition coefficient (Wildman–Crippen LogP) is 3.20. The molecular formula is C17H23Cl2N3O. The topological polar surface area (TPSA) is 59.2 Å². The van der Waals surface area contributed by atoms with E-state index in [9.17, 15) is 4.79 Å². The van der Waals surface area contributed by atoms with Crippen molar-refractivity contribution in [2.75, 3.05) is 13.1 Å². The minimum Gasteiger partial charge on any atom is -0.338 e. The quantitative estimate of drug-likeness (QED) is 0.854. The summed E-state index contributed by atoms with van der Waals surface area (Å²) in [5, 5.41) is 0.927. The number of para-hydroxylation sites is 1. The number of halogens is 2. The summed E-state index contributed by atoms with van der Waals surface area (Å²) in [4.78, 5) is 19.3. The monoisotopic (exact) mass is 355 g/mol. The fraction of sp³-hybridized carbons (Fsp3) is 0.412. The van der Waals surface area contributed by atoms with Gasteiger partial charge >= 0.3 is 0 Å².